The van der Waals surface area contributed by atoms with E-state index in [4.69, 9.17) is 0 Å². The van der Waals surface area contributed by atoms with Crippen molar-refractivity contribution in [2.75, 3.05) is 13.1 Å². The third-order valence-corrected chi connectivity index (χ3v) is 4.47. The molecular weight excluding hydrogens is 232 g/mol. The van der Waals surface area contributed by atoms with E-state index in [-0.39, 0.29) is 0 Å². The second-order valence-electron chi connectivity index (χ2n) is 6.42. The van der Waals surface area contributed by atoms with Gasteiger partial charge < -0.3 is 10.2 Å². The maximum absolute atomic E-state index is 3.75. The number of aryl methyl sites for hydroxylation is 2. The molecule has 3 rings (SSSR count). The lowest BCUT2D eigenvalue weighted by Gasteiger charge is -2.32. The Morgan fingerprint density at radius 1 is 1.00 bits per heavy atom. The van der Waals surface area contributed by atoms with Crippen LogP contribution in [0.5, 0.6) is 0 Å². The summed E-state index contributed by atoms with van der Waals surface area (Å²) in [5, 5.41) is 3.75. The highest BCUT2D eigenvalue weighted by Gasteiger charge is 2.31. The quantitative estimate of drug-likeness (QED) is 0.893. The van der Waals surface area contributed by atoms with Crippen LogP contribution < -0.4 is 5.32 Å². The minimum atomic E-state index is 0.718. The highest BCUT2D eigenvalue weighted by atomic mass is 15.2. The van der Waals surface area contributed by atoms with Crippen molar-refractivity contribution in [1.29, 1.82) is 0 Å². The molecule has 2 nitrogen and oxygen atoms in total. The third-order valence-electron chi connectivity index (χ3n) is 4.47. The van der Waals surface area contributed by atoms with Crippen LogP contribution in [0.3, 0.4) is 0 Å². The molecule has 1 aromatic rings. The van der Waals surface area contributed by atoms with E-state index in [0.717, 1.165) is 18.6 Å². The molecule has 104 valence electrons. The summed E-state index contributed by atoms with van der Waals surface area (Å²) in [6.07, 6.45) is 5.53. The Bertz CT molecular complexity index is 409. The SMILES string of the molecule is Cc1cc(C)cc(CNC2CCN(C3CC3)CC2)c1. The molecule has 1 saturated carbocycles. The Morgan fingerprint density at radius 2 is 1.63 bits per heavy atom. The zero-order chi connectivity index (χ0) is 13.2. The Morgan fingerprint density at radius 3 is 2.21 bits per heavy atom. The van der Waals surface area contributed by atoms with Gasteiger partial charge >= 0.3 is 0 Å². The Kier molecular flexibility index (Phi) is 3.90. The van der Waals surface area contributed by atoms with E-state index in [9.17, 15) is 0 Å². The molecule has 19 heavy (non-hydrogen) atoms. The molecule has 0 unspecified atom stereocenters. The van der Waals surface area contributed by atoms with Gasteiger partial charge in [0.25, 0.3) is 0 Å². The minimum Gasteiger partial charge on any atom is -0.310 e. The Balaban J connectivity index is 1.47. The standard InChI is InChI=1S/C17H26N2/c1-13-9-14(2)11-15(10-13)12-18-16-5-7-19(8-6-16)17-3-4-17/h9-11,16-18H,3-8,12H2,1-2H3. The first-order chi connectivity index (χ1) is 9.20. The molecule has 1 aliphatic heterocycles. The predicted octanol–water partition coefficient (Wildman–Crippen LogP) is 3.02. The van der Waals surface area contributed by atoms with Crippen molar-refractivity contribution in [3.05, 3.63) is 34.9 Å². The van der Waals surface area contributed by atoms with Crippen LogP contribution in [0, 0.1) is 13.8 Å². The first-order valence-corrected chi connectivity index (χ1v) is 7.75. The molecule has 1 saturated heterocycles. The van der Waals surface area contributed by atoms with Gasteiger partial charge in [0.1, 0.15) is 0 Å². The summed E-state index contributed by atoms with van der Waals surface area (Å²) in [6.45, 7) is 8.00. The van der Waals surface area contributed by atoms with Crippen molar-refractivity contribution in [1.82, 2.24) is 10.2 Å². The van der Waals surface area contributed by atoms with Gasteiger partial charge in [-0.1, -0.05) is 29.3 Å². The Hall–Kier alpha value is -0.860. The third kappa shape index (κ3) is 3.58. The van der Waals surface area contributed by atoms with Gasteiger partial charge in [-0.2, -0.15) is 0 Å². The average molecular weight is 258 g/mol. The molecule has 0 bridgehead atoms. The maximum atomic E-state index is 3.75. The van der Waals surface area contributed by atoms with Crippen molar-refractivity contribution >= 4 is 0 Å². The van der Waals surface area contributed by atoms with Crippen LogP contribution in [0.4, 0.5) is 0 Å². The Labute approximate surface area is 117 Å². The number of likely N-dealkylation sites (tertiary alicyclic amines) is 1. The molecule has 1 N–H and O–H groups in total. The minimum absolute atomic E-state index is 0.718. The molecular formula is C17H26N2. The lowest BCUT2D eigenvalue weighted by Crippen LogP contribution is -2.43. The molecule has 0 spiro atoms. The number of hydrogen-bond donors (Lipinski definition) is 1. The van der Waals surface area contributed by atoms with Crippen molar-refractivity contribution in [2.45, 2.75) is 58.2 Å². The summed E-state index contributed by atoms with van der Waals surface area (Å²) in [5.41, 5.74) is 4.18. The van der Waals surface area contributed by atoms with Crippen molar-refractivity contribution in [2.24, 2.45) is 0 Å². The number of rotatable bonds is 4. The van der Waals surface area contributed by atoms with Gasteiger partial charge in [-0.15, -0.1) is 0 Å². The molecule has 0 amide bonds. The highest BCUT2D eigenvalue weighted by molar-refractivity contribution is 5.28. The monoisotopic (exact) mass is 258 g/mol. The molecule has 2 heteroatoms. The van der Waals surface area contributed by atoms with Crippen LogP contribution in [0.1, 0.15) is 42.4 Å². The first kappa shape index (κ1) is 13.1. The van der Waals surface area contributed by atoms with Crippen molar-refractivity contribution < 1.29 is 0 Å². The summed E-state index contributed by atoms with van der Waals surface area (Å²) in [7, 11) is 0. The number of nitrogens with one attached hydrogen (secondary N) is 1. The normalized spacial score (nSPS) is 21.8. The first-order valence-electron chi connectivity index (χ1n) is 7.75. The molecule has 0 radical (unpaired) electrons. The summed E-state index contributed by atoms with van der Waals surface area (Å²) >= 11 is 0. The van der Waals surface area contributed by atoms with Crippen LogP contribution in [0.15, 0.2) is 18.2 Å². The van der Waals surface area contributed by atoms with E-state index in [1.54, 1.807) is 0 Å². The largest absolute Gasteiger partial charge is 0.310 e. The van der Waals surface area contributed by atoms with E-state index in [1.165, 1.54) is 55.5 Å². The summed E-state index contributed by atoms with van der Waals surface area (Å²) in [5.74, 6) is 0. The second kappa shape index (κ2) is 5.64. The molecule has 2 fully saturated rings. The van der Waals surface area contributed by atoms with Gasteiger partial charge in [0, 0.05) is 18.6 Å². The lowest BCUT2D eigenvalue weighted by molar-refractivity contribution is 0.189. The summed E-state index contributed by atoms with van der Waals surface area (Å²) in [6, 6.07) is 8.52. The fraction of sp³-hybridized carbons (Fsp3) is 0.647. The molecule has 0 atom stereocenters. The fourth-order valence-electron chi connectivity index (χ4n) is 3.34. The van der Waals surface area contributed by atoms with Crippen LogP contribution in [-0.4, -0.2) is 30.1 Å². The van der Waals surface area contributed by atoms with E-state index in [2.05, 4.69) is 42.3 Å². The topological polar surface area (TPSA) is 15.3 Å². The van der Waals surface area contributed by atoms with Crippen molar-refractivity contribution in [3.8, 4) is 0 Å². The molecule has 2 aliphatic rings. The van der Waals surface area contributed by atoms with Crippen LogP contribution >= 0.6 is 0 Å². The number of hydrogen-bond acceptors (Lipinski definition) is 2. The van der Waals surface area contributed by atoms with E-state index >= 15 is 0 Å². The lowest BCUT2D eigenvalue weighted by atomic mass is 10.0. The predicted molar refractivity (Wildman–Crippen MR) is 80.4 cm³/mol. The maximum Gasteiger partial charge on any atom is 0.0208 e. The molecule has 1 aliphatic carbocycles. The van der Waals surface area contributed by atoms with Crippen LogP contribution in [0.25, 0.3) is 0 Å². The van der Waals surface area contributed by atoms with E-state index in [0.29, 0.717) is 0 Å². The van der Waals surface area contributed by atoms with Gasteiger partial charge in [0.05, 0.1) is 0 Å². The van der Waals surface area contributed by atoms with Gasteiger partial charge in [-0.3, -0.25) is 0 Å². The highest BCUT2D eigenvalue weighted by Crippen LogP contribution is 2.29. The van der Waals surface area contributed by atoms with Gasteiger partial charge in [-0.25, -0.2) is 0 Å². The molecule has 1 aromatic carbocycles. The number of benzene rings is 1. The zero-order valence-electron chi connectivity index (χ0n) is 12.3. The number of piperidine rings is 1. The van der Waals surface area contributed by atoms with E-state index < -0.39 is 0 Å². The average Bonchev–Trinajstić information content (AvgIpc) is 3.20. The summed E-state index contributed by atoms with van der Waals surface area (Å²) in [4.78, 5) is 2.69. The zero-order valence-corrected chi connectivity index (χ0v) is 12.3. The fourth-order valence-corrected chi connectivity index (χ4v) is 3.34. The van der Waals surface area contributed by atoms with Crippen LogP contribution in [0.2, 0.25) is 0 Å². The molecule has 1 heterocycles. The van der Waals surface area contributed by atoms with E-state index in [1.807, 2.05) is 0 Å². The summed E-state index contributed by atoms with van der Waals surface area (Å²) < 4.78 is 0. The number of nitrogens with zero attached hydrogens (tertiary/aromatic N) is 1. The smallest absolute Gasteiger partial charge is 0.0208 e. The second-order valence-corrected chi connectivity index (χ2v) is 6.42. The van der Waals surface area contributed by atoms with Gasteiger partial charge in [0.15, 0.2) is 0 Å². The van der Waals surface area contributed by atoms with Gasteiger partial charge in [0.2, 0.25) is 0 Å². The van der Waals surface area contributed by atoms with Crippen molar-refractivity contribution in [3.63, 3.8) is 0 Å². The van der Waals surface area contributed by atoms with Crippen LogP contribution in [-0.2, 0) is 6.54 Å². The van der Waals surface area contributed by atoms with Gasteiger partial charge in [-0.05, 0) is 58.2 Å². The molecule has 0 aromatic heterocycles.